The molecule has 0 amide bonds. The van der Waals surface area contributed by atoms with Crippen molar-refractivity contribution in [2.24, 2.45) is 0 Å². The third-order valence-electron chi connectivity index (χ3n) is 2.35. The van der Waals surface area contributed by atoms with Gasteiger partial charge in [0, 0.05) is 12.0 Å². The van der Waals surface area contributed by atoms with Gasteiger partial charge in [0.2, 0.25) is 0 Å². The standard InChI is InChI=1S/C16H13FO2/c17-14-7-9-15(10-8-14)19-16-6-3-5-13(12-16)4-1-2-11-18/h3,5-10,12,18H,2,11H2. The van der Waals surface area contributed by atoms with Crippen molar-refractivity contribution in [3.8, 4) is 23.3 Å². The van der Waals surface area contributed by atoms with Gasteiger partial charge in [-0.2, -0.15) is 0 Å². The van der Waals surface area contributed by atoms with E-state index in [1.54, 1.807) is 24.3 Å². The van der Waals surface area contributed by atoms with Crippen molar-refractivity contribution >= 4 is 0 Å². The minimum absolute atomic E-state index is 0.0543. The number of ether oxygens (including phenoxy) is 1. The molecule has 1 N–H and O–H groups in total. The van der Waals surface area contributed by atoms with E-state index in [-0.39, 0.29) is 12.4 Å². The summed E-state index contributed by atoms with van der Waals surface area (Å²) >= 11 is 0. The summed E-state index contributed by atoms with van der Waals surface area (Å²) in [5.41, 5.74) is 0.813. The highest BCUT2D eigenvalue weighted by molar-refractivity contribution is 5.41. The molecular weight excluding hydrogens is 243 g/mol. The van der Waals surface area contributed by atoms with E-state index in [2.05, 4.69) is 11.8 Å². The average Bonchev–Trinajstić information content (AvgIpc) is 2.42. The Morgan fingerprint density at radius 3 is 2.58 bits per heavy atom. The topological polar surface area (TPSA) is 29.5 Å². The fraction of sp³-hybridized carbons (Fsp3) is 0.125. The third kappa shape index (κ3) is 4.13. The minimum Gasteiger partial charge on any atom is -0.457 e. The Morgan fingerprint density at radius 1 is 1.05 bits per heavy atom. The summed E-state index contributed by atoms with van der Waals surface area (Å²) in [6.45, 7) is 0.0543. The molecule has 0 spiro atoms. The lowest BCUT2D eigenvalue weighted by molar-refractivity contribution is 0.305. The molecule has 0 radical (unpaired) electrons. The monoisotopic (exact) mass is 256 g/mol. The van der Waals surface area contributed by atoms with Crippen LogP contribution in [0.3, 0.4) is 0 Å². The molecule has 0 saturated heterocycles. The van der Waals surface area contributed by atoms with Gasteiger partial charge in [0.25, 0.3) is 0 Å². The number of aliphatic hydroxyl groups excluding tert-OH is 1. The Hall–Kier alpha value is -2.31. The molecule has 0 fully saturated rings. The first-order chi connectivity index (χ1) is 9.28. The number of hydrogen-bond acceptors (Lipinski definition) is 2. The van der Waals surface area contributed by atoms with Gasteiger partial charge in [0.1, 0.15) is 17.3 Å². The minimum atomic E-state index is -0.295. The zero-order valence-corrected chi connectivity index (χ0v) is 10.3. The Balaban J connectivity index is 2.11. The van der Waals surface area contributed by atoms with Crippen LogP contribution in [0.15, 0.2) is 48.5 Å². The van der Waals surface area contributed by atoms with Crippen LogP contribution in [0, 0.1) is 17.7 Å². The van der Waals surface area contributed by atoms with Gasteiger partial charge < -0.3 is 9.84 Å². The third-order valence-corrected chi connectivity index (χ3v) is 2.35. The second-order valence-corrected chi connectivity index (χ2v) is 3.86. The maximum atomic E-state index is 12.8. The van der Waals surface area contributed by atoms with Gasteiger partial charge in [-0.05, 0) is 42.5 Å². The van der Waals surface area contributed by atoms with Gasteiger partial charge in [-0.15, -0.1) is 0 Å². The molecule has 2 aromatic carbocycles. The lowest BCUT2D eigenvalue weighted by Gasteiger charge is -2.05. The maximum absolute atomic E-state index is 12.8. The molecule has 0 aliphatic heterocycles. The number of benzene rings is 2. The zero-order valence-electron chi connectivity index (χ0n) is 10.3. The van der Waals surface area contributed by atoms with Crippen molar-refractivity contribution < 1.29 is 14.2 Å². The predicted octanol–water partition coefficient (Wildman–Crippen LogP) is 3.35. The first kappa shape index (κ1) is 13.1. The van der Waals surface area contributed by atoms with Crippen LogP contribution in [-0.4, -0.2) is 11.7 Å². The number of halogens is 1. The summed E-state index contributed by atoms with van der Waals surface area (Å²) in [6.07, 6.45) is 0.447. The van der Waals surface area contributed by atoms with Gasteiger partial charge in [-0.3, -0.25) is 0 Å². The van der Waals surface area contributed by atoms with E-state index in [9.17, 15) is 4.39 Å². The molecular formula is C16H13FO2. The van der Waals surface area contributed by atoms with Crippen LogP contribution in [0.1, 0.15) is 12.0 Å². The molecule has 2 nitrogen and oxygen atoms in total. The Kier molecular flexibility index (Phi) is 4.54. The van der Waals surface area contributed by atoms with E-state index >= 15 is 0 Å². The number of rotatable bonds is 3. The molecule has 3 heteroatoms. The van der Waals surface area contributed by atoms with E-state index in [1.165, 1.54) is 12.1 Å². The van der Waals surface area contributed by atoms with Crippen LogP contribution in [0.2, 0.25) is 0 Å². The van der Waals surface area contributed by atoms with Crippen molar-refractivity contribution in [3.63, 3.8) is 0 Å². The number of aliphatic hydroxyl groups is 1. The van der Waals surface area contributed by atoms with Crippen LogP contribution in [0.5, 0.6) is 11.5 Å². The SMILES string of the molecule is OCCC#Cc1cccc(Oc2ccc(F)cc2)c1. The molecule has 0 bridgehead atoms. The quantitative estimate of drug-likeness (QED) is 0.853. The van der Waals surface area contributed by atoms with Crippen LogP contribution >= 0.6 is 0 Å². The van der Waals surface area contributed by atoms with Gasteiger partial charge in [0.05, 0.1) is 6.61 Å². The lowest BCUT2D eigenvalue weighted by atomic mass is 10.2. The van der Waals surface area contributed by atoms with Crippen molar-refractivity contribution in [1.82, 2.24) is 0 Å². The summed E-state index contributed by atoms with van der Waals surface area (Å²) in [6, 6.07) is 13.1. The smallest absolute Gasteiger partial charge is 0.128 e. The largest absolute Gasteiger partial charge is 0.457 e. The fourth-order valence-electron chi connectivity index (χ4n) is 1.50. The maximum Gasteiger partial charge on any atom is 0.128 e. The van der Waals surface area contributed by atoms with Crippen molar-refractivity contribution in [2.45, 2.75) is 6.42 Å². The summed E-state index contributed by atoms with van der Waals surface area (Å²) < 4.78 is 18.4. The van der Waals surface area contributed by atoms with Crippen molar-refractivity contribution in [1.29, 1.82) is 0 Å². The molecule has 0 unspecified atom stereocenters. The molecule has 0 aliphatic rings. The molecule has 0 atom stereocenters. The second kappa shape index (κ2) is 6.58. The zero-order chi connectivity index (χ0) is 13.5. The van der Waals surface area contributed by atoms with Gasteiger partial charge in [0.15, 0.2) is 0 Å². The Labute approximate surface area is 111 Å². The van der Waals surface area contributed by atoms with Crippen LogP contribution in [0.25, 0.3) is 0 Å². The van der Waals surface area contributed by atoms with Crippen molar-refractivity contribution in [2.75, 3.05) is 6.61 Å². The first-order valence-electron chi connectivity index (χ1n) is 5.91. The average molecular weight is 256 g/mol. The van der Waals surface area contributed by atoms with E-state index in [0.717, 1.165) is 5.56 Å². The highest BCUT2D eigenvalue weighted by Gasteiger charge is 1.98. The number of hydrogen-bond donors (Lipinski definition) is 1. The molecule has 0 heterocycles. The molecule has 2 aromatic rings. The van der Waals surface area contributed by atoms with Gasteiger partial charge in [-0.25, -0.2) is 4.39 Å². The molecule has 19 heavy (non-hydrogen) atoms. The Bertz CT molecular complexity index is 594. The highest BCUT2D eigenvalue weighted by atomic mass is 19.1. The predicted molar refractivity (Wildman–Crippen MR) is 71.5 cm³/mol. The molecule has 0 aromatic heterocycles. The van der Waals surface area contributed by atoms with E-state index < -0.39 is 0 Å². The van der Waals surface area contributed by atoms with Crippen LogP contribution in [-0.2, 0) is 0 Å². The van der Waals surface area contributed by atoms with E-state index in [1.807, 2.05) is 12.1 Å². The normalized spacial score (nSPS) is 9.58. The fourth-order valence-corrected chi connectivity index (χ4v) is 1.50. The van der Waals surface area contributed by atoms with E-state index in [0.29, 0.717) is 17.9 Å². The first-order valence-corrected chi connectivity index (χ1v) is 5.91. The van der Waals surface area contributed by atoms with Crippen LogP contribution < -0.4 is 4.74 Å². The summed E-state index contributed by atoms with van der Waals surface area (Å²) in [7, 11) is 0. The second-order valence-electron chi connectivity index (χ2n) is 3.86. The summed E-state index contributed by atoms with van der Waals surface area (Å²) in [4.78, 5) is 0. The van der Waals surface area contributed by atoms with Gasteiger partial charge >= 0.3 is 0 Å². The molecule has 96 valence electrons. The lowest BCUT2D eigenvalue weighted by Crippen LogP contribution is -1.85. The highest BCUT2D eigenvalue weighted by Crippen LogP contribution is 2.22. The summed E-state index contributed by atoms with van der Waals surface area (Å²) in [5, 5.41) is 8.66. The molecule has 2 rings (SSSR count). The summed E-state index contributed by atoms with van der Waals surface area (Å²) in [5.74, 6) is 6.69. The van der Waals surface area contributed by atoms with Crippen LogP contribution in [0.4, 0.5) is 4.39 Å². The van der Waals surface area contributed by atoms with E-state index in [4.69, 9.17) is 9.84 Å². The Morgan fingerprint density at radius 2 is 1.84 bits per heavy atom. The molecule has 0 aliphatic carbocycles. The van der Waals surface area contributed by atoms with Crippen molar-refractivity contribution in [3.05, 3.63) is 59.9 Å². The van der Waals surface area contributed by atoms with Gasteiger partial charge in [-0.1, -0.05) is 17.9 Å². The molecule has 0 saturated carbocycles.